The van der Waals surface area contributed by atoms with Crippen LogP contribution in [0.25, 0.3) is 0 Å². The monoisotopic (exact) mass is 189 g/mol. The Balaban J connectivity index is 2.20. The highest BCUT2D eigenvalue weighted by Crippen LogP contribution is 2.25. The van der Waals surface area contributed by atoms with Gasteiger partial charge in [0.25, 0.3) is 0 Å². The maximum Gasteiger partial charge on any atom is 0.157 e. The third-order valence-corrected chi connectivity index (χ3v) is 2.54. The van der Waals surface area contributed by atoms with E-state index in [4.69, 9.17) is 0 Å². The molecule has 2 aliphatic heterocycles. The molecule has 0 amide bonds. The van der Waals surface area contributed by atoms with E-state index in [0.29, 0.717) is 0 Å². The molecular formula is C9H11N5. The number of amidine groups is 1. The van der Waals surface area contributed by atoms with Gasteiger partial charge in [0.1, 0.15) is 11.4 Å². The number of nitrogens with zero attached hydrogens (tertiary/aromatic N) is 5. The summed E-state index contributed by atoms with van der Waals surface area (Å²) in [5.74, 6) is 1.02. The number of aryl methyl sites for hydroxylation is 1. The van der Waals surface area contributed by atoms with Crippen LogP contribution in [0.2, 0.25) is 0 Å². The van der Waals surface area contributed by atoms with Crippen molar-refractivity contribution in [2.24, 2.45) is 9.98 Å². The van der Waals surface area contributed by atoms with Crippen molar-refractivity contribution in [3.05, 3.63) is 11.9 Å². The lowest BCUT2D eigenvalue weighted by molar-refractivity contribution is 0.630. The fourth-order valence-corrected chi connectivity index (χ4v) is 1.86. The van der Waals surface area contributed by atoms with Crippen molar-refractivity contribution in [2.75, 3.05) is 13.1 Å². The van der Waals surface area contributed by atoms with Crippen molar-refractivity contribution in [1.82, 2.24) is 14.7 Å². The predicted molar refractivity (Wildman–Crippen MR) is 54.2 cm³/mol. The van der Waals surface area contributed by atoms with Crippen molar-refractivity contribution in [2.45, 2.75) is 13.5 Å². The lowest BCUT2D eigenvalue weighted by atomic mass is 10.3. The number of rotatable bonds is 1. The molecule has 5 nitrogen and oxygen atoms in total. The van der Waals surface area contributed by atoms with E-state index >= 15 is 0 Å². The van der Waals surface area contributed by atoms with Crippen LogP contribution in [-0.2, 0) is 6.54 Å². The van der Waals surface area contributed by atoms with Gasteiger partial charge in [-0.1, -0.05) is 0 Å². The minimum atomic E-state index is 0.857. The van der Waals surface area contributed by atoms with Crippen LogP contribution in [0.3, 0.4) is 0 Å². The summed E-state index contributed by atoms with van der Waals surface area (Å²) in [5, 5.41) is 4.27. The molecule has 72 valence electrons. The Kier molecular flexibility index (Phi) is 1.47. The van der Waals surface area contributed by atoms with E-state index in [-0.39, 0.29) is 0 Å². The molecule has 0 N–H and O–H groups in total. The summed E-state index contributed by atoms with van der Waals surface area (Å²) < 4.78 is 1.95. The molecule has 0 spiro atoms. The molecule has 0 aromatic carbocycles. The minimum absolute atomic E-state index is 0.857. The third kappa shape index (κ3) is 0.865. The first-order valence-corrected chi connectivity index (χ1v) is 4.81. The van der Waals surface area contributed by atoms with Gasteiger partial charge in [0.2, 0.25) is 0 Å². The zero-order valence-corrected chi connectivity index (χ0v) is 8.01. The molecule has 5 heteroatoms. The molecular weight excluding hydrogens is 178 g/mol. The summed E-state index contributed by atoms with van der Waals surface area (Å²) in [5.41, 5.74) is 2.00. The van der Waals surface area contributed by atoms with Crippen LogP contribution < -0.4 is 0 Å². The van der Waals surface area contributed by atoms with Crippen LogP contribution in [0, 0.1) is 0 Å². The molecule has 1 aromatic rings. The maximum atomic E-state index is 4.47. The van der Waals surface area contributed by atoms with Crippen LogP contribution in [0.1, 0.15) is 12.6 Å². The quantitative estimate of drug-likeness (QED) is 0.650. The normalized spacial score (nSPS) is 18.1. The van der Waals surface area contributed by atoms with E-state index in [9.17, 15) is 0 Å². The molecule has 1 aromatic heterocycles. The summed E-state index contributed by atoms with van der Waals surface area (Å²) in [6, 6.07) is 0. The molecule has 14 heavy (non-hydrogen) atoms. The van der Waals surface area contributed by atoms with Gasteiger partial charge in [-0.25, -0.2) is 4.99 Å². The van der Waals surface area contributed by atoms with Crippen LogP contribution in [0.15, 0.2) is 16.2 Å². The maximum absolute atomic E-state index is 4.47. The molecule has 3 rings (SSSR count). The average molecular weight is 189 g/mol. The number of fused-ring (bicyclic) bond motifs is 3. The van der Waals surface area contributed by atoms with Crippen LogP contribution in [0.5, 0.6) is 0 Å². The zero-order valence-electron chi connectivity index (χ0n) is 8.01. The van der Waals surface area contributed by atoms with Gasteiger partial charge in [0.05, 0.1) is 19.1 Å². The van der Waals surface area contributed by atoms with E-state index < -0.39 is 0 Å². The van der Waals surface area contributed by atoms with Crippen molar-refractivity contribution >= 4 is 17.9 Å². The first-order valence-electron chi connectivity index (χ1n) is 4.81. The Morgan fingerprint density at radius 2 is 2.43 bits per heavy atom. The van der Waals surface area contributed by atoms with Gasteiger partial charge in [-0.15, -0.1) is 0 Å². The number of hydrogen-bond donors (Lipinski definition) is 0. The Hall–Kier alpha value is -1.65. The lowest BCUT2D eigenvalue weighted by Crippen LogP contribution is -2.31. The van der Waals surface area contributed by atoms with Gasteiger partial charge in [-0.3, -0.25) is 9.67 Å². The second-order valence-corrected chi connectivity index (χ2v) is 3.34. The molecule has 0 saturated carbocycles. The van der Waals surface area contributed by atoms with E-state index in [2.05, 4.69) is 26.9 Å². The molecule has 2 aliphatic rings. The largest absolute Gasteiger partial charge is 0.314 e. The molecule has 0 bridgehead atoms. The minimum Gasteiger partial charge on any atom is -0.314 e. The highest BCUT2D eigenvalue weighted by Gasteiger charge is 2.26. The van der Waals surface area contributed by atoms with Gasteiger partial charge < -0.3 is 4.90 Å². The smallest absolute Gasteiger partial charge is 0.157 e. The van der Waals surface area contributed by atoms with Gasteiger partial charge in [0, 0.05) is 13.1 Å². The summed E-state index contributed by atoms with van der Waals surface area (Å²) >= 11 is 0. The molecule has 0 radical (unpaired) electrons. The van der Waals surface area contributed by atoms with Gasteiger partial charge >= 0.3 is 0 Å². The average Bonchev–Trinajstić information content (AvgIpc) is 2.82. The summed E-state index contributed by atoms with van der Waals surface area (Å²) in [4.78, 5) is 10.9. The first-order chi connectivity index (χ1) is 6.90. The Morgan fingerprint density at radius 1 is 1.50 bits per heavy atom. The van der Waals surface area contributed by atoms with Crippen molar-refractivity contribution < 1.29 is 0 Å². The molecule has 0 unspecified atom stereocenters. The van der Waals surface area contributed by atoms with Crippen molar-refractivity contribution in [3.63, 3.8) is 0 Å². The van der Waals surface area contributed by atoms with Crippen molar-refractivity contribution in [1.29, 1.82) is 0 Å². The summed E-state index contributed by atoms with van der Waals surface area (Å²) in [6.07, 6.45) is 3.64. The second-order valence-electron chi connectivity index (χ2n) is 3.34. The lowest BCUT2D eigenvalue weighted by Gasteiger charge is -2.19. The summed E-state index contributed by atoms with van der Waals surface area (Å²) in [6.45, 7) is 4.73. The van der Waals surface area contributed by atoms with E-state index in [1.807, 2.05) is 11.0 Å². The summed E-state index contributed by atoms with van der Waals surface area (Å²) in [7, 11) is 0. The highest BCUT2D eigenvalue weighted by molar-refractivity contribution is 6.10. The third-order valence-electron chi connectivity index (χ3n) is 2.54. The van der Waals surface area contributed by atoms with Crippen LogP contribution in [-0.4, -0.2) is 39.9 Å². The fourth-order valence-electron chi connectivity index (χ4n) is 1.86. The van der Waals surface area contributed by atoms with Gasteiger partial charge in [-0.2, -0.15) is 5.10 Å². The van der Waals surface area contributed by atoms with Gasteiger partial charge in [-0.05, 0) is 6.92 Å². The first kappa shape index (κ1) is 7.73. The molecule has 0 atom stereocenters. The van der Waals surface area contributed by atoms with Gasteiger partial charge in [0.15, 0.2) is 5.84 Å². The highest BCUT2D eigenvalue weighted by atomic mass is 15.4. The zero-order chi connectivity index (χ0) is 9.54. The molecule has 0 aliphatic carbocycles. The number of aliphatic imine (C=N–C) groups is 2. The molecule has 3 heterocycles. The number of hydrogen-bond acceptors (Lipinski definition) is 4. The van der Waals surface area contributed by atoms with E-state index in [1.54, 1.807) is 6.20 Å². The Morgan fingerprint density at radius 3 is 3.29 bits per heavy atom. The van der Waals surface area contributed by atoms with Crippen molar-refractivity contribution in [3.8, 4) is 0 Å². The fraction of sp³-hybridized carbons (Fsp3) is 0.444. The van der Waals surface area contributed by atoms with E-state index in [1.165, 1.54) is 0 Å². The topological polar surface area (TPSA) is 45.8 Å². The van der Waals surface area contributed by atoms with E-state index in [0.717, 1.165) is 36.9 Å². The standard InChI is InChI=1S/C9H11N5/c1-2-14-8-7(5-12-14)11-6-13-4-3-10-9(8)13/h5-6H,2-4H2,1H3. The molecule has 0 saturated heterocycles. The van der Waals surface area contributed by atoms with Crippen LogP contribution in [0.4, 0.5) is 5.69 Å². The predicted octanol–water partition coefficient (Wildman–Crippen LogP) is 0.639. The second kappa shape index (κ2) is 2.67. The Bertz CT molecular complexity index is 428. The molecule has 0 fully saturated rings. The Labute approximate surface area is 81.8 Å². The van der Waals surface area contributed by atoms with Crippen LogP contribution >= 0.6 is 0 Å². The SMILES string of the molecule is CCn1ncc2c1C1=NCCN1C=N2. The number of aromatic nitrogens is 2.